The molecule has 0 radical (unpaired) electrons. The molecule has 0 spiro atoms. The molecular weight excluding hydrogens is 242 g/mol. The number of hydrogen-bond donors (Lipinski definition) is 0. The second kappa shape index (κ2) is 4.28. The van der Waals surface area contributed by atoms with Gasteiger partial charge in [0, 0.05) is 0 Å². The van der Waals surface area contributed by atoms with Gasteiger partial charge in [-0.3, -0.25) is 0 Å². The smallest absolute Gasteiger partial charge is 0.128 e. The van der Waals surface area contributed by atoms with E-state index in [0.29, 0.717) is 0 Å². The standard InChI is InChI=1S/C12H9NOS.ClH/c1-8-9(6-7-14-8)12-13-10-4-2-3-5-11(10)15-12;/h2-7H,1H3;1H. The molecule has 0 saturated heterocycles. The van der Waals surface area contributed by atoms with Gasteiger partial charge in [0.2, 0.25) is 0 Å². The fraction of sp³-hybridized carbons (Fsp3) is 0.0833. The van der Waals surface area contributed by atoms with E-state index in [-0.39, 0.29) is 12.4 Å². The Hall–Kier alpha value is -1.32. The summed E-state index contributed by atoms with van der Waals surface area (Å²) in [7, 11) is 0. The van der Waals surface area contributed by atoms with E-state index in [9.17, 15) is 0 Å². The molecule has 82 valence electrons. The average Bonchev–Trinajstić information content (AvgIpc) is 2.82. The Balaban J connectivity index is 0.000000963. The van der Waals surface area contributed by atoms with Crippen LogP contribution in [-0.4, -0.2) is 4.98 Å². The number of para-hydroxylation sites is 1. The first-order valence-corrected chi connectivity index (χ1v) is 5.56. The van der Waals surface area contributed by atoms with Crippen LogP contribution in [0.1, 0.15) is 5.76 Å². The molecule has 0 aliphatic heterocycles. The van der Waals surface area contributed by atoms with Gasteiger partial charge in [0.25, 0.3) is 0 Å². The lowest BCUT2D eigenvalue weighted by atomic mass is 10.3. The third-order valence-electron chi connectivity index (χ3n) is 2.38. The number of furan rings is 1. The number of aryl methyl sites for hydroxylation is 1. The Kier molecular flexibility index (Phi) is 2.99. The SMILES string of the molecule is Cc1occc1-c1nc2ccccc2s1.Cl. The Morgan fingerprint density at radius 1 is 1.19 bits per heavy atom. The molecule has 0 amide bonds. The summed E-state index contributed by atoms with van der Waals surface area (Å²) in [5, 5.41) is 1.03. The fourth-order valence-corrected chi connectivity index (χ4v) is 2.63. The number of nitrogens with zero attached hydrogens (tertiary/aromatic N) is 1. The first kappa shape index (κ1) is 11.2. The van der Waals surface area contributed by atoms with Crippen molar-refractivity contribution in [2.45, 2.75) is 6.92 Å². The summed E-state index contributed by atoms with van der Waals surface area (Å²) in [4.78, 5) is 4.57. The van der Waals surface area contributed by atoms with Crippen LogP contribution in [0.25, 0.3) is 20.8 Å². The van der Waals surface area contributed by atoms with Crippen LogP contribution in [0.15, 0.2) is 41.0 Å². The van der Waals surface area contributed by atoms with Crippen molar-refractivity contribution >= 4 is 34.0 Å². The van der Waals surface area contributed by atoms with Crippen LogP contribution in [0, 0.1) is 6.92 Å². The van der Waals surface area contributed by atoms with Gasteiger partial charge in [0.1, 0.15) is 10.8 Å². The molecule has 0 aliphatic rings. The van der Waals surface area contributed by atoms with E-state index >= 15 is 0 Å². The van der Waals surface area contributed by atoms with Crippen LogP contribution in [0.4, 0.5) is 0 Å². The second-order valence-electron chi connectivity index (χ2n) is 3.38. The number of halogens is 1. The minimum Gasteiger partial charge on any atom is -0.469 e. The number of rotatable bonds is 1. The number of fused-ring (bicyclic) bond motifs is 1. The fourth-order valence-electron chi connectivity index (χ4n) is 1.59. The second-order valence-corrected chi connectivity index (χ2v) is 4.41. The third-order valence-corrected chi connectivity index (χ3v) is 3.45. The van der Waals surface area contributed by atoms with Crippen LogP contribution in [-0.2, 0) is 0 Å². The van der Waals surface area contributed by atoms with Crippen molar-refractivity contribution < 1.29 is 4.42 Å². The summed E-state index contributed by atoms with van der Waals surface area (Å²) in [6.07, 6.45) is 1.71. The van der Waals surface area contributed by atoms with Crippen molar-refractivity contribution in [1.82, 2.24) is 4.98 Å². The van der Waals surface area contributed by atoms with E-state index < -0.39 is 0 Å². The van der Waals surface area contributed by atoms with Crippen LogP contribution < -0.4 is 0 Å². The minimum atomic E-state index is 0. The van der Waals surface area contributed by atoms with E-state index in [1.165, 1.54) is 4.70 Å². The van der Waals surface area contributed by atoms with Gasteiger partial charge in [0.05, 0.1) is 22.0 Å². The number of aromatic nitrogens is 1. The lowest BCUT2D eigenvalue weighted by molar-refractivity contribution is 0.535. The highest BCUT2D eigenvalue weighted by Gasteiger charge is 2.09. The highest BCUT2D eigenvalue weighted by atomic mass is 35.5. The molecule has 2 aromatic heterocycles. The van der Waals surface area contributed by atoms with Gasteiger partial charge in [-0.05, 0) is 25.1 Å². The summed E-state index contributed by atoms with van der Waals surface area (Å²) >= 11 is 1.70. The van der Waals surface area contributed by atoms with E-state index in [1.807, 2.05) is 31.2 Å². The van der Waals surface area contributed by atoms with E-state index in [0.717, 1.165) is 21.8 Å². The summed E-state index contributed by atoms with van der Waals surface area (Å²) in [6, 6.07) is 10.1. The summed E-state index contributed by atoms with van der Waals surface area (Å²) < 4.78 is 6.50. The molecule has 0 saturated carbocycles. The maximum atomic E-state index is 5.28. The van der Waals surface area contributed by atoms with E-state index in [1.54, 1.807) is 17.6 Å². The number of thiazole rings is 1. The Labute approximate surface area is 103 Å². The molecule has 0 fully saturated rings. The zero-order chi connectivity index (χ0) is 10.3. The van der Waals surface area contributed by atoms with Gasteiger partial charge in [0.15, 0.2) is 0 Å². The quantitative estimate of drug-likeness (QED) is 0.645. The third kappa shape index (κ3) is 1.72. The Morgan fingerprint density at radius 3 is 2.69 bits per heavy atom. The van der Waals surface area contributed by atoms with Gasteiger partial charge < -0.3 is 4.42 Å². The molecule has 3 rings (SSSR count). The molecule has 16 heavy (non-hydrogen) atoms. The first-order chi connectivity index (χ1) is 7.34. The van der Waals surface area contributed by atoms with Gasteiger partial charge in [-0.1, -0.05) is 12.1 Å². The average molecular weight is 252 g/mol. The lowest BCUT2D eigenvalue weighted by Crippen LogP contribution is -1.74. The molecular formula is C12H10ClNOS. The predicted octanol–water partition coefficient (Wildman–Crippen LogP) is 4.29. The molecule has 0 N–H and O–H groups in total. The molecule has 2 nitrogen and oxygen atoms in total. The molecule has 0 bridgehead atoms. The normalized spacial score (nSPS) is 10.3. The molecule has 3 aromatic rings. The van der Waals surface area contributed by atoms with Crippen LogP contribution in [0.2, 0.25) is 0 Å². The Bertz CT molecular complexity index is 581. The highest BCUT2D eigenvalue weighted by Crippen LogP contribution is 2.32. The maximum absolute atomic E-state index is 5.28. The van der Waals surface area contributed by atoms with Crippen molar-refractivity contribution in [3.63, 3.8) is 0 Å². The molecule has 1 aromatic carbocycles. The molecule has 0 unspecified atom stereocenters. The molecule has 0 atom stereocenters. The van der Waals surface area contributed by atoms with Gasteiger partial charge in [-0.2, -0.15) is 0 Å². The van der Waals surface area contributed by atoms with Crippen LogP contribution >= 0.6 is 23.7 Å². The van der Waals surface area contributed by atoms with Crippen molar-refractivity contribution in [2.75, 3.05) is 0 Å². The summed E-state index contributed by atoms with van der Waals surface area (Å²) in [5.41, 5.74) is 2.15. The van der Waals surface area contributed by atoms with E-state index in [4.69, 9.17) is 4.42 Å². The zero-order valence-corrected chi connectivity index (χ0v) is 10.3. The molecule has 2 heterocycles. The van der Waals surface area contributed by atoms with Gasteiger partial charge in [-0.25, -0.2) is 4.98 Å². The minimum absolute atomic E-state index is 0. The van der Waals surface area contributed by atoms with Crippen LogP contribution in [0.3, 0.4) is 0 Å². The monoisotopic (exact) mass is 251 g/mol. The van der Waals surface area contributed by atoms with Gasteiger partial charge in [-0.15, -0.1) is 23.7 Å². The van der Waals surface area contributed by atoms with Crippen molar-refractivity contribution in [2.24, 2.45) is 0 Å². The van der Waals surface area contributed by atoms with Crippen LogP contribution in [0.5, 0.6) is 0 Å². The van der Waals surface area contributed by atoms with Crippen molar-refractivity contribution in [3.05, 3.63) is 42.4 Å². The Morgan fingerprint density at radius 2 is 2.00 bits per heavy atom. The predicted molar refractivity (Wildman–Crippen MR) is 69.3 cm³/mol. The van der Waals surface area contributed by atoms with Crippen molar-refractivity contribution in [3.8, 4) is 10.6 Å². The maximum Gasteiger partial charge on any atom is 0.128 e. The lowest BCUT2D eigenvalue weighted by Gasteiger charge is -1.89. The topological polar surface area (TPSA) is 26.0 Å². The summed E-state index contributed by atoms with van der Waals surface area (Å²) in [5.74, 6) is 0.925. The first-order valence-electron chi connectivity index (χ1n) is 4.74. The van der Waals surface area contributed by atoms with E-state index in [2.05, 4.69) is 11.1 Å². The molecule has 4 heteroatoms. The number of benzene rings is 1. The largest absolute Gasteiger partial charge is 0.469 e. The zero-order valence-electron chi connectivity index (χ0n) is 8.64. The highest BCUT2D eigenvalue weighted by molar-refractivity contribution is 7.21. The van der Waals surface area contributed by atoms with Crippen molar-refractivity contribution in [1.29, 1.82) is 0 Å². The molecule has 0 aliphatic carbocycles. The number of hydrogen-bond acceptors (Lipinski definition) is 3. The summed E-state index contributed by atoms with van der Waals surface area (Å²) in [6.45, 7) is 1.96. The van der Waals surface area contributed by atoms with Gasteiger partial charge >= 0.3 is 0 Å².